The minimum absolute atomic E-state index is 0.167. The predicted molar refractivity (Wildman–Crippen MR) is 191 cm³/mol. The molecule has 0 radical (unpaired) electrons. The summed E-state index contributed by atoms with van der Waals surface area (Å²) >= 11 is 0. The first-order chi connectivity index (χ1) is 20.5. The molecule has 0 spiro atoms. The Morgan fingerprint density at radius 1 is 0.767 bits per heavy atom. The molecule has 4 heteroatoms. The average molecular weight is 606 g/mol. The van der Waals surface area contributed by atoms with E-state index in [2.05, 4.69) is 51.7 Å². The second-order valence-electron chi connectivity index (χ2n) is 12.8. The first-order valence-electron chi connectivity index (χ1n) is 18.1. The monoisotopic (exact) mass is 606 g/mol. The summed E-state index contributed by atoms with van der Waals surface area (Å²) in [5.74, 6) is 1.23. The standard InChI is InChI=1S/C31H55NO2.C3H6O.C3H8.C2H6/c1-5-7-8-9-10-11-12-13-14-15-16-20-30(34)31(3,4)24-17-18-25-32-26-23-28(27-32)21-22-29(33)19-6-2;1-3(2)4;1-3-2;1-2/h16,20-22,28H,5-15,17-19,23-27H2,1-4H3;1-2H3;3H2,1-2H3;1-2H3/b20-16-,22-21-;;;/t28-;;;/m0.../s1. The van der Waals surface area contributed by atoms with Gasteiger partial charge >= 0.3 is 0 Å². The number of rotatable bonds is 21. The Balaban J connectivity index is -0.00000157. The van der Waals surface area contributed by atoms with Gasteiger partial charge in [-0.25, -0.2) is 0 Å². The summed E-state index contributed by atoms with van der Waals surface area (Å²) in [7, 11) is 0. The lowest BCUT2D eigenvalue weighted by Crippen LogP contribution is -2.24. The van der Waals surface area contributed by atoms with Crippen molar-refractivity contribution in [3.8, 4) is 0 Å². The van der Waals surface area contributed by atoms with Gasteiger partial charge in [0.1, 0.15) is 5.78 Å². The zero-order chi connectivity index (χ0) is 33.4. The molecule has 0 aromatic carbocycles. The molecule has 1 atom stereocenters. The molecule has 254 valence electrons. The van der Waals surface area contributed by atoms with E-state index in [1.54, 1.807) is 6.08 Å². The number of ketones is 3. The third-order valence-electron chi connectivity index (χ3n) is 7.30. The second kappa shape index (κ2) is 33.3. The van der Waals surface area contributed by atoms with Gasteiger partial charge in [0.05, 0.1) is 0 Å². The summed E-state index contributed by atoms with van der Waals surface area (Å²) < 4.78 is 0. The molecule has 1 fully saturated rings. The number of carbonyl (C=O) groups is 3. The largest absolute Gasteiger partial charge is 0.303 e. The van der Waals surface area contributed by atoms with Crippen LogP contribution in [0.2, 0.25) is 0 Å². The molecule has 1 heterocycles. The molecule has 0 bridgehead atoms. The van der Waals surface area contributed by atoms with E-state index in [0.717, 1.165) is 58.2 Å². The van der Waals surface area contributed by atoms with E-state index >= 15 is 0 Å². The first kappa shape index (κ1) is 45.9. The third kappa shape index (κ3) is 33.2. The Kier molecular flexibility index (Phi) is 35.6. The summed E-state index contributed by atoms with van der Waals surface area (Å²) in [6, 6.07) is 0. The highest BCUT2D eigenvalue weighted by atomic mass is 16.1. The lowest BCUT2D eigenvalue weighted by atomic mass is 9.82. The first-order valence-corrected chi connectivity index (χ1v) is 18.1. The number of unbranched alkanes of at least 4 members (excludes halogenated alkanes) is 10. The van der Waals surface area contributed by atoms with Crippen molar-refractivity contribution in [3.63, 3.8) is 0 Å². The molecule has 1 aliphatic rings. The van der Waals surface area contributed by atoms with Crippen molar-refractivity contribution in [2.45, 2.75) is 178 Å². The molecule has 0 amide bonds. The van der Waals surface area contributed by atoms with E-state index in [1.165, 1.54) is 78.1 Å². The molecule has 4 nitrogen and oxygen atoms in total. The molecule has 0 aliphatic carbocycles. The van der Waals surface area contributed by atoms with Gasteiger partial charge in [0.15, 0.2) is 11.6 Å². The highest BCUT2D eigenvalue weighted by Crippen LogP contribution is 2.26. The molecule has 1 aliphatic heterocycles. The minimum atomic E-state index is -0.259. The molecule has 0 aromatic rings. The number of hydrogen-bond acceptors (Lipinski definition) is 4. The molecule has 1 saturated heterocycles. The van der Waals surface area contributed by atoms with Crippen LogP contribution in [0.4, 0.5) is 0 Å². The number of likely N-dealkylation sites (tertiary alicyclic amines) is 1. The maximum atomic E-state index is 12.7. The molecule has 0 N–H and O–H groups in total. The van der Waals surface area contributed by atoms with E-state index in [4.69, 9.17) is 0 Å². The van der Waals surface area contributed by atoms with Gasteiger partial charge in [0, 0.05) is 18.4 Å². The SMILES string of the molecule is CC.CC(C)=O.CCC.CCCCCCCCCCC/C=C\C(=O)C(C)(C)CCCCN1CC[C@H](/C=C\C(=O)CCC)C1. The highest BCUT2D eigenvalue weighted by molar-refractivity contribution is 5.94. The predicted octanol–water partition coefficient (Wildman–Crippen LogP) is 11.5. The van der Waals surface area contributed by atoms with Crippen LogP contribution in [0, 0.1) is 11.3 Å². The summed E-state index contributed by atoms with van der Waals surface area (Å²) in [5.41, 5.74) is -0.259. The van der Waals surface area contributed by atoms with Gasteiger partial charge in [-0.2, -0.15) is 0 Å². The van der Waals surface area contributed by atoms with Crippen LogP contribution in [0.25, 0.3) is 0 Å². The Morgan fingerprint density at radius 3 is 1.84 bits per heavy atom. The number of hydrogen-bond donors (Lipinski definition) is 0. The van der Waals surface area contributed by atoms with Crippen LogP contribution < -0.4 is 0 Å². The van der Waals surface area contributed by atoms with Crippen molar-refractivity contribution < 1.29 is 14.4 Å². The normalized spacial score (nSPS) is 14.9. The van der Waals surface area contributed by atoms with Crippen molar-refractivity contribution in [3.05, 3.63) is 24.3 Å². The zero-order valence-electron chi connectivity index (χ0n) is 30.7. The van der Waals surface area contributed by atoms with Crippen molar-refractivity contribution in [1.29, 1.82) is 0 Å². The van der Waals surface area contributed by atoms with Gasteiger partial charge in [0.2, 0.25) is 0 Å². The molecule has 0 unspecified atom stereocenters. The van der Waals surface area contributed by atoms with Crippen molar-refractivity contribution >= 4 is 17.3 Å². The van der Waals surface area contributed by atoms with E-state index in [9.17, 15) is 14.4 Å². The Hall–Kier alpha value is -1.55. The van der Waals surface area contributed by atoms with E-state index in [1.807, 2.05) is 26.8 Å². The van der Waals surface area contributed by atoms with Crippen LogP contribution >= 0.6 is 0 Å². The van der Waals surface area contributed by atoms with Crippen LogP contribution in [0.3, 0.4) is 0 Å². The van der Waals surface area contributed by atoms with E-state index < -0.39 is 0 Å². The molecular weight excluding hydrogens is 530 g/mol. The van der Waals surface area contributed by atoms with Crippen molar-refractivity contribution in [2.75, 3.05) is 19.6 Å². The lowest BCUT2D eigenvalue weighted by molar-refractivity contribution is -0.122. The molecule has 1 rings (SSSR count). The molecular formula is C39H75NO3. The minimum Gasteiger partial charge on any atom is -0.303 e. The quantitative estimate of drug-likeness (QED) is 0.0964. The molecule has 43 heavy (non-hydrogen) atoms. The maximum Gasteiger partial charge on any atom is 0.160 e. The van der Waals surface area contributed by atoms with Gasteiger partial charge in [-0.3, -0.25) is 9.59 Å². The third-order valence-corrected chi connectivity index (χ3v) is 7.30. The topological polar surface area (TPSA) is 54.5 Å². The van der Waals surface area contributed by atoms with Gasteiger partial charge in [-0.15, -0.1) is 0 Å². The summed E-state index contributed by atoms with van der Waals surface area (Å²) in [4.78, 5) is 36.3. The maximum absolute atomic E-state index is 12.7. The van der Waals surface area contributed by atoms with Gasteiger partial charge < -0.3 is 9.69 Å². The van der Waals surface area contributed by atoms with Crippen molar-refractivity contribution in [1.82, 2.24) is 4.90 Å². The van der Waals surface area contributed by atoms with Gasteiger partial charge in [-0.05, 0) is 83.5 Å². The van der Waals surface area contributed by atoms with Crippen molar-refractivity contribution in [2.24, 2.45) is 11.3 Å². The Bertz CT molecular complexity index is 703. The molecule has 0 saturated carbocycles. The lowest BCUT2D eigenvalue weighted by Gasteiger charge is -2.22. The van der Waals surface area contributed by atoms with Crippen LogP contribution in [0.15, 0.2) is 24.3 Å². The fourth-order valence-corrected chi connectivity index (χ4v) is 4.81. The Morgan fingerprint density at radius 2 is 1.30 bits per heavy atom. The van der Waals surface area contributed by atoms with Crippen LogP contribution in [0.5, 0.6) is 0 Å². The summed E-state index contributed by atoms with van der Waals surface area (Å²) in [6.45, 7) is 23.1. The van der Waals surface area contributed by atoms with Crippen LogP contribution in [-0.4, -0.2) is 41.9 Å². The van der Waals surface area contributed by atoms with Crippen LogP contribution in [-0.2, 0) is 14.4 Å². The summed E-state index contributed by atoms with van der Waals surface area (Å²) in [6.07, 6.45) is 28.2. The van der Waals surface area contributed by atoms with E-state index in [0.29, 0.717) is 12.3 Å². The average Bonchev–Trinajstić information content (AvgIpc) is 3.42. The number of Topliss-reactive ketones (excluding diaryl/α,β-unsaturated/α-hetero) is 1. The zero-order valence-corrected chi connectivity index (χ0v) is 30.7. The van der Waals surface area contributed by atoms with Crippen LogP contribution in [0.1, 0.15) is 178 Å². The van der Waals surface area contributed by atoms with Gasteiger partial charge in [-0.1, -0.05) is 132 Å². The number of nitrogens with zero attached hydrogens (tertiary/aromatic N) is 1. The number of carbonyl (C=O) groups excluding carboxylic acids is 3. The smallest absolute Gasteiger partial charge is 0.160 e. The fraction of sp³-hybridized carbons (Fsp3) is 0.821. The highest BCUT2D eigenvalue weighted by Gasteiger charge is 2.25. The van der Waals surface area contributed by atoms with Gasteiger partial charge in [0.25, 0.3) is 0 Å². The molecule has 0 aromatic heterocycles. The van der Waals surface area contributed by atoms with E-state index in [-0.39, 0.29) is 22.8 Å². The number of allylic oxidation sites excluding steroid dienone is 3. The Labute approximate surface area is 269 Å². The fourth-order valence-electron chi connectivity index (χ4n) is 4.81. The second-order valence-corrected chi connectivity index (χ2v) is 12.8. The summed E-state index contributed by atoms with van der Waals surface area (Å²) in [5, 5.41) is 0.